The number of ether oxygens (including phenoxy) is 1. The first-order valence-corrected chi connectivity index (χ1v) is 11.2. The molecule has 2 fully saturated rings. The standard InChI is InChI=1S/C22H28N8O2/c1-29(16-6-3-2-4-7-16)21-25-18(24-20(23)27-21)19-26-22(32-28-19)30-12-10-15(11-13-30)14-31-17-8-5-9-17/h2-4,6-7,15,17H,5,8-14H2,1H3,(H2,23,24,25,27). The van der Waals surface area contributed by atoms with Crippen molar-refractivity contribution < 1.29 is 9.26 Å². The van der Waals surface area contributed by atoms with Gasteiger partial charge in [0, 0.05) is 32.4 Å². The van der Waals surface area contributed by atoms with Crippen molar-refractivity contribution >= 4 is 23.6 Å². The molecule has 1 aromatic carbocycles. The zero-order valence-electron chi connectivity index (χ0n) is 18.2. The van der Waals surface area contributed by atoms with Crippen LogP contribution in [0.3, 0.4) is 0 Å². The van der Waals surface area contributed by atoms with Gasteiger partial charge >= 0.3 is 6.01 Å². The maximum absolute atomic E-state index is 5.99. The molecule has 0 atom stereocenters. The van der Waals surface area contributed by atoms with E-state index in [1.165, 1.54) is 19.3 Å². The van der Waals surface area contributed by atoms with Crippen molar-refractivity contribution in [2.45, 2.75) is 38.2 Å². The van der Waals surface area contributed by atoms with Crippen LogP contribution in [0.5, 0.6) is 0 Å². The average Bonchev–Trinajstić information content (AvgIpc) is 3.29. The van der Waals surface area contributed by atoms with Gasteiger partial charge in [-0.25, -0.2) is 0 Å². The van der Waals surface area contributed by atoms with Gasteiger partial charge in [0.2, 0.25) is 23.5 Å². The van der Waals surface area contributed by atoms with E-state index in [1.807, 2.05) is 42.3 Å². The van der Waals surface area contributed by atoms with Crippen LogP contribution in [0.15, 0.2) is 34.9 Å². The summed E-state index contributed by atoms with van der Waals surface area (Å²) in [5.74, 6) is 1.69. The number of para-hydroxylation sites is 1. The minimum Gasteiger partial charge on any atom is -0.378 e. The molecule has 5 rings (SSSR count). The average molecular weight is 437 g/mol. The van der Waals surface area contributed by atoms with Crippen LogP contribution in [0.25, 0.3) is 11.6 Å². The number of nitrogens with two attached hydrogens (primary N) is 1. The Morgan fingerprint density at radius 3 is 2.53 bits per heavy atom. The van der Waals surface area contributed by atoms with Crippen LogP contribution < -0.4 is 15.5 Å². The molecule has 0 radical (unpaired) electrons. The number of piperidine rings is 1. The highest BCUT2D eigenvalue weighted by Crippen LogP contribution is 2.28. The van der Waals surface area contributed by atoms with Crippen molar-refractivity contribution in [1.82, 2.24) is 25.1 Å². The van der Waals surface area contributed by atoms with E-state index < -0.39 is 0 Å². The largest absolute Gasteiger partial charge is 0.378 e. The second kappa shape index (κ2) is 9.07. The summed E-state index contributed by atoms with van der Waals surface area (Å²) in [5, 5.41) is 4.09. The van der Waals surface area contributed by atoms with E-state index in [0.717, 1.165) is 38.2 Å². The molecule has 0 bridgehead atoms. The van der Waals surface area contributed by atoms with Gasteiger partial charge in [0.05, 0.1) is 6.10 Å². The van der Waals surface area contributed by atoms with Gasteiger partial charge in [-0.2, -0.15) is 19.9 Å². The van der Waals surface area contributed by atoms with Gasteiger partial charge in [0.25, 0.3) is 0 Å². The lowest BCUT2D eigenvalue weighted by Gasteiger charge is -2.33. The van der Waals surface area contributed by atoms with E-state index in [4.69, 9.17) is 15.0 Å². The number of benzene rings is 1. The molecule has 0 spiro atoms. The van der Waals surface area contributed by atoms with Crippen LogP contribution in [0.2, 0.25) is 0 Å². The zero-order chi connectivity index (χ0) is 21.9. The van der Waals surface area contributed by atoms with Crippen molar-refractivity contribution in [1.29, 1.82) is 0 Å². The highest BCUT2D eigenvalue weighted by Gasteiger charge is 2.26. The molecule has 1 saturated heterocycles. The van der Waals surface area contributed by atoms with Crippen LogP contribution in [0, 0.1) is 5.92 Å². The van der Waals surface area contributed by atoms with Crippen LogP contribution in [0.4, 0.5) is 23.6 Å². The summed E-state index contributed by atoms with van der Waals surface area (Å²) in [5.41, 5.74) is 6.88. The number of hydrogen-bond acceptors (Lipinski definition) is 10. The molecule has 1 aliphatic heterocycles. The Kier molecular flexibility index (Phi) is 5.85. The molecule has 10 heteroatoms. The number of nitrogens with zero attached hydrogens (tertiary/aromatic N) is 7. The molecule has 32 heavy (non-hydrogen) atoms. The third-order valence-electron chi connectivity index (χ3n) is 6.20. The quantitative estimate of drug-likeness (QED) is 0.591. The lowest BCUT2D eigenvalue weighted by atomic mass is 9.95. The molecule has 168 valence electrons. The number of rotatable bonds is 7. The fraction of sp³-hybridized carbons (Fsp3) is 0.500. The third kappa shape index (κ3) is 4.50. The predicted molar refractivity (Wildman–Crippen MR) is 121 cm³/mol. The van der Waals surface area contributed by atoms with E-state index in [2.05, 4.69) is 30.0 Å². The van der Waals surface area contributed by atoms with E-state index in [-0.39, 0.29) is 11.8 Å². The van der Waals surface area contributed by atoms with Gasteiger partial charge in [0.1, 0.15) is 0 Å². The Hall–Kier alpha value is -3.27. The molecule has 3 heterocycles. The smallest absolute Gasteiger partial charge is 0.324 e. The minimum absolute atomic E-state index is 0.103. The maximum Gasteiger partial charge on any atom is 0.324 e. The highest BCUT2D eigenvalue weighted by molar-refractivity contribution is 5.59. The lowest BCUT2D eigenvalue weighted by Crippen LogP contribution is -2.36. The topological polar surface area (TPSA) is 119 Å². The lowest BCUT2D eigenvalue weighted by molar-refractivity contribution is -0.0193. The van der Waals surface area contributed by atoms with Gasteiger partial charge in [-0.05, 0) is 50.2 Å². The van der Waals surface area contributed by atoms with Gasteiger partial charge in [-0.3, -0.25) is 0 Å². The molecular weight excluding hydrogens is 408 g/mol. The Bertz CT molecular complexity index is 1030. The van der Waals surface area contributed by atoms with Crippen molar-refractivity contribution in [3.8, 4) is 11.6 Å². The molecule has 0 unspecified atom stereocenters. The van der Waals surface area contributed by atoms with Crippen LogP contribution in [-0.2, 0) is 4.74 Å². The first-order valence-electron chi connectivity index (χ1n) is 11.2. The second-order valence-electron chi connectivity index (χ2n) is 8.43. The number of aromatic nitrogens is 5. The fourth-order valence-corrected chi connectivity index (χ4v) is 3.93. The summed E-state index contributed by atoms with van der Waals surface area (Å²) in [6.07, 6.45) is 6.33. The van der Waals surface area contributed by atoms with Crippen LogP contribution in [0.1, 0.15) is 32.1 Å². The third-order valence-corrected chi connectivity index (χ3v) is 6.20. The van der Waals surface area contributed by atoms with Gasteiger partial charge in [0.15, 0.2) is 0 Å². The molecule has 2 aromatic heterocycles. The number of hydrogen-bond donors (Lipinski definition) is 1. The molecule has 10 nitrogen and oxygen atoms in total. The number of nitrogen functional groups attached to an aromatic ring is 1. The SMILES string of the molecule is CN(c1ccccc1)c1nc(N)nc(-c2noc(N3CCC(COC4CCC4)CC3)n2)n1. The Morgan fingerprint density at radius 2 is 1.81 bits per heavy atom. The highest BCUT2D eigenvalue weighted by atomic mass is 16.5. The van der Waals surface area contributed by atoms with E-state index in [9.17, 15) is 0 Å². The Morgan fingerprint density at radius 1 is 1.03 bits per heavy atom. The van der Waals surface area contributed by atoms with Gasteiger partial charge < -0.3 is 24.8 Å². The fourth-order valence-electron chi connectivity index (χ4n) is 3.93. The van der Waals surface area contributed by atoms with Crippen molar-refractivity contribution in [2.24, 2.45) is 5.92 Å². The first-order chi connectivity index (χ1) is 15.7. The second-order valence-corrected chi connectivity index (χ2v) is 8.43. The van der Waals surface area contributed by atoms with E-state index in [0.29, 0.717) is 29.8 Å². The van der Waals surface area contributed by atoms with Crippen molar-refractivity contribution in [3.05, 3.63) is 30.3 Å². The van der Waals surface area contributed by atoms with Gasteiger partial charge in [-0.1, -0.05) is 23.4 Å². The summed E-state index contributed by atoms with van der Waals surface area (Å²) in [6.45, 7) is 2.58. The van der Waals surface area contributed by atoms with E-state index >= 15 is 0 Å². The van der Waals surface area contributed by atoms with Gasteiger partial charge in [-0.15, -0.1) is 0 Å². The van der Waals surface area contributed by atoms with E-state index in [1.54, 1.807) is 0 Å². The summed E-state index contributed by atoms with van der Waals surface area (Å²) in [7, 11) is 1.87. The monoisotopic (exact) mass is 436 g/mol. The predicted octanol–water partition coefficient (Wildman–Crippen LogP) is 3.06. The summed E-state index contributed by atoms with van der Waals surface area (Å²) < 4.78 is 11.5. The van der Waals surface area contributed by atoms with Crippen LogP contribution >= 0.6 is 0 Å². The molecule has 0 amide bonds. The zero-order valence-corrected chi connectivity index (χ0v) is 18.2. The number of anilines is 4. The normalized spacial score (nSPS) is 17.3. The van der Waals surface area contributed by atoms with Crippen molar-refractivity contribution in [2.75, 3.05) is 42.3 Å². The Balaban J connectivity index is 1.25. The molecular formula is C22H28N8O2. The summed E-state index contributed by atoms with van der Waals surface area (Å²) in [6, 6.07) is 10.3. The minimum atomic E-state index is 0.103. The first kappa shape index (κ1) is 20.6. The molecule has 1 aliphatic carbocycles. The summed E-state index contributed by atoms with van der Waals surface area (Å²) >= 11 is 0. The summed E-state index contributed by atoms with van der Waals surface area (Å²) in [4.78, 5) is 21.4. The molecule has 2 N–H and O–H groups in total. The molecule has 3 aromatic rings. The van der Waals surface area contributed by atoms with Crippen LogP contribution in [-0.4, -0.2) is 57.9 Å². The molecule has 2 aliphatic rings. The van der Waals surface area contributed by atoms with Crippen molar-refractivity contribution in [3.63, 3.8) is 0 Å². The Labute approximate surface area is 186 Å². The molecule has 1 saturated carbocycles. The maximum atomic E-state index is 5.99.